The Balaban J connectivity index is 1.41. The molecule has 0 N–H and O–H groups in total. The van der Waals surface area contributed by atoms with Crippen molar-refractivity contribution in [3.8, 4) is 0 Å². The summed E-state index contributed by atoms with van der Waals surface area (Å²) in [6, 6.07) is 8.01. The van der Waals surface area contributed by atoms with E-state index in [1.54, 1.807) is 0 Å². The lowest BCUT2D eigenvalue weighted by Gasteiger charge is -2.35. The molecular formula is C14H16N8. The van der Waals surface area contributed by atoms with E-state index < -0.39 is 0 Å². The van der Waals surface area contributed by atoms with Crippen molar-refractivity contribution >= 4 is 11.5 Å². The van der Waals surface area contributed by atoms with Gasteiger partial charge in [-0.25, -0.2) is 0 Å². The van der Waals surface area contributed by atoms with Crippen LogP contribution in [0.4, 0.5) is 5.82 Å². The number of aromatic nitrogens is 6. The molecule has 1 fully saturated rings. The van der Waals surface area contributed by atoms with Gasteiger partial charge in [0.1, 0.15) is 0 Å². The van der Waals surface area contributed by atoms with Gasteiger partial charge in [0.15, 0.2) is 11.5 Å². The van der Waals surface area contributed by atoms with E-state index in [0.29, 0.717) is 5.65 Å². The van der Waals surface area contributed by atoms with Gasteiger partial charge in [0.2, 0.25) is 0 Å². The molecule has 1 aliphatic heterocycles. The molecule has 8 heteroatoms. The number of rotatable bonds is 3. The van der Waals surface area contributed by atoms with E-state index in [2.05, 4.69) is 47.5 Å². The molecule has 112 valence electrons. The third-order valence-electron chi connectivity index (χ3n) is 3.91. The van der Waals surface area contributed by atoms with Crippen molar-refractivity contribution in [3.63, 3.8) is 0 Å². The molecule has 0 bridgehead atoms. The van der Waals surface area contributed by atoms with Gasteiger partial charge in [-0.3, -0.25) is 9.88 Å². The molecule has 22 heavy (non-hydrogen) atoms. The topological polar surface area (TPSA) is 75.3 Å². The Morgan fingerprint density at radius 2 is 1.77 bits per heavy atom. The summed E-state index contributed by atoms with van der Waals surface area (Å²) < 4.78 is 1.47. The van der Waals surface area contributed by atoms with Gasteiger partial charge in [0.05, 0.1) is 0 Å². The zero-order chi connectivity index (χ0) is 14.8. The van der Waals surface area contributed by atoms with Gasteiger partial charge < -0.3 is 4.90 Å². The summed E-state index contributed by atoms with van der Waals surface area (Å²) in [6.45, 7) is 4.89. The summed E-state index contributed by atoms with van der Waals surface area (Å²) in [6.07, 6.45) is 3.69. The standard InChI is InChI=1S/C14H16N8/c1-2-14(17-22-13(1)16-18-19-22)21-9-7-20(8-10-21)11-12-3-5-15-6-4-12/h1-6H,7-11H2. The van der Waals surface area contributed by atoms with E-state index in [1.165, 1.54) is 10.2 Å². The van der Waals surface area contributed by atoms with E-state index in [0.717, 1.165) is 38.5 Å². The Hall–Kier alpha value is -2.61. The van der Waals surface area contributed by atoms with Crippen LogP contribution in [-0.2, 0) is 6.54 Å². The fourth-order valence-corrected chi connectivity index (χ4v) is 2.69. The summed E-state index contributed by atoms with van der Waals surface area (Å²) >= 11 is 0. The maximum atomic E-state index is 4.45. The molecule has 0 unspecified atom stereocenters. The van der Waals surface area contributed by atoms with Gasteiger partial charge in [0, 0.05) is 45.1 Å². The third-order valence-corrected chi connectivity index (χ3v) is 3.91. The van der Waals surface area contributed by atoms with Crippen molar-refractivity contribution in [2.45, 2.75) is 6.54 Å². The van der Waals surface area contributed by atoms with Gasteiger partial charge >= 0.3 is 0 Å². The van der Waals surface area contributed by atoms with Crippen LogP contribution in [0.5, 0.6) is 0 Å². The van der Waals surface area contributed by atoms with Crippen molar-refractivity contribution in [1.82, 2.24) is 35.1 Å². The number of anilines is 1. The van der Waals surface area contributed by atoms with E-state index in [9.17, 15) is 0 Å². The largest absolute Gasteiger partial charge is 0.353 e. The number of nitrogens with zero attached hydrogens (tertiary/aromatic N) is 8. The average molecular weight is 296 g/mol. The summed E-state index contributed by atoms with van der Waals surface area (Å²) in [7, 11) is 0. The number of pyridine rings is 1. The number of piperazine rings is 1. The Labute approximate surface area is 127 Å². The molecule has 4 rings (SSSR count). The van der Waals surface area contributed by atoms with Crippen LogP contribution in [0.3, 0.4) is 0 Å². The molecule has 3 aromatic heterocycles. The molecule has 0 aliphatic carbocycles. The van der Waals surface area contributed by atoms with Crippen molar-refractivity contribution in [1.29, 1.82) is 0 Å². The molecule has 0 radical (unpaired) electrons. The quantitative estimate of drug-likeness (QED) is 0.685. The van der Waals surface area contributed by atoms with Gasteiger partial charge in [-0.15, -0.1) is 14.8 Å². The van der Waals surface area contributed by atoms with E-state index >= 15 is 0 Å². The number of tetrazole rings is 1. The Kier molecular flexibility index (Phi) is 3.36. The normalized spacial score (nSPS) is 16.3. The Morgan fingerprint density at radius 3 is 2.59 bits per heavy atom. The minimum atomic E-state index is 0.667. The SMILES string of the molecule is c1cc(CN2CCN(c3ccc4nnnn4n3)CC2)ccn1. The van der Waals surface area contributed by atoms with E-state index in [1.807, 2.05) is 24.5 Å². The first-order chi connectivity index (χ1) is 10.9. The van der Waals surface area contributed by atoms with E-state index in [-0.39, 0.29) is 0 Å². The Morgan fingerprint density at radius 1 is 0.955 bits per heavy atom. The lowest BCUT2D eigenvalue weighted by Crippen LogP contribution is -2.46. The molecule has 8 nitrogen and oxygen atoms in total. The summed E-state index contributed by atoms with van der Waals surface area (Å²) in [5, 5.41) is 15.8. The Bertz CT molecular complexity index is 748. The van der Waals surface area contributed by atoms with Crippen molar-refractivity contribution < 1.29 is 0 Å². The molecule has 4 heterocycles. The van der Waals surface area contributed by atoms with Crippen LogP contribution >= 0.6 is 0 Å². The second kappa shape index (κ2) is 5.64. The summed E-state index contributed by atoms with van der Waals surface area (Å²) in [5.41, 5.74) is 1.97. The smallest absolute Gasteiger partial charge is 0.200 e. The highest BCUT2D eigenvalue weighted by molar-refractivity contribution is 5.44. The van der Waals surface area contributed by atoms with E-state index in [4.69, 9.17) is 0 Å². The first-order valence-electron chi connectivity index (χ1n) is 7.30. The first kappa shape index (κ1) is 13.1. The van der Waals surface area contributed by atoms with Crippen molar-refractivity contribution in [3.05, 3.63) is 42.2 Å². The predicted molar refractivity (Wildman–Crippen MR) is 80.3 cm³/mol. The number of fused-ring (bicyclic) bond motifs is 1. The monoisotopic (exact) mass is 296 g/mol. The van der Waals surface area contributed by atoms with Crippen molar-refractivity contribution in [2.75, 3.05) is 31.1 Å². The summed E-state index contributed by atoms with van der Waals surface area (Å²) in [4.78, 5) is 8.77. The second-order valence-electron chi connectivity index (χ2n) is 5.34. The fourth-order valence-electron chi connectivity index (χ4n) is 2.69. The van der Waals surface area contributed by atoms with Gasteiger partial charge in [-0.2, -0.15) is 0 Å². The minimum Gasteiger partial charge on any atom is -0.353 e. The summed E-state index contributed by atoms with van der Waals surface area (Å²) in [5.74, 6) is 0.920. The van der Waals surface area contributed by atoms with Crippen LogP contribution in [0.1, 0.15) is 5.56 Å². The van der Waals surface area contributed by atoms with Crippen LogP contribution in [0.25, 0.3) is 5.65 Å². The average Bonchev–Trinajstić information content (AvgIpc) is 3.04. The molecular weight excluding hydrogens is 280 g/mol. The number of hydrogen-bond acceptors (Lipinski definition) is 7. The molecule has 0 atom stereocenters. The van der Waals surface area contributed by atoms with Gasteiger partial charge in [-0.1, -0.05) is 0 Å². The maximum absolute atomic E-state index is 4.45. The van der Waals surface area contributed by atoms with Crippen molar-refractivity contribution in [2.24, 2.45) is 0 Å². The van der Waals surface area contributed by atoms with Crippen LogP contribution in [0.2, 0.25) is 0 Å². The molecule has 3 aromatic rings. The highest BCUT2D eigenvalue weighted by atomic mass is 15.6. The molecule has 0 aromatic carbocycles. The fraction of sp³-hybridized carbons (Fsp3) is 0.357. The van der Waals surface area contributed by atoms with Crippen LogP contribution in [0.15, 0.2) is 36.7 Å². The van der Waals surface area contributed by atoms with Crippen LogP contribution in [-0.4, -0.2) is 61.3 Å². The zero-order valence-electron chi connectivity index (χ0n) is 12.1. The molecule has 0 amide bonds. The molecule has 1 saturated heterocycles. The maximum Gasteiger partial charge on any atom is 0.200 e. The minimum absolute atomic E-state index is 0.667. The lowest BCUT2D eigenvalue weighted by atomic mass is 10.2. The molecule has 0 saturated carbocycles. The third kappa shape index (κ3) is 2.60. The van der Waals surface area contributed by atoms with Crippen LogP contribution in [0, 0.1) is 0 Å². The highest BCUT2D eigenvalue weighted by Crippen LogP contribution is 2.14. The first-order valence-corrected chi connectivity index (χ1v) is 7.30. The number of hydrogen-bond donors (Lipinski definition) is 0. The predicted octanol–water partition coefficient (Wildman–Crippen LogP) is 0.236. The highest BCUT2D eigenvalue weighted by Gasteiger charge is 2.18. The second-order valence-corrected chi connectivity index (χ2v) is 5.34. The molecule has 0 spiro atoms. The molecule has 1 aliphatic rings. The zero-order valence-corrected chi connectivity index (χ0v) is 12.1. The van der Waals surface area contributed by atoms with Gasteiger partial charge in [0.25, 0.3) is 0 Å². The lowest BCUT2D eigenvalue weighted by molar-refractivity contribution is 0.249. The van der Waals surface area contributed by atoms with Crippen LogP contribution < -0.4 is 4.90 Å². The van der Waals surface area contributed by atoms with Gasteiger partial charge in [-0.05, 0) is 40.3 Å².